The maximum absolute atomic E-state index is 4.08. The molecule has 0 unspecified atom stereocenters. The average Bonchev–Trinajstić information content (AvgIpc) is 2.91. The lowest BCUT2D eigenvalue weighted by Gasteiger charge is -1.93. The Morgan fingerprint density at radius 3 is 2.88 bits per heavy atom. The highest BCUT2D eigenvalue weighted by Gasteiger charge is 2.08. The molecule has 0 saturated heterocycles. The van der Waals surface area contributed by atoms with Crippen LogP contribution in [0.4, 0.5) is 0 Å². The number of aromatic nitrogens is 3. The largest absolute Gasteiger partial charge is 0.353 e. The molecule has 2 heterocycles. The van der Waals surface area contributed by atoms with Gasteiger partial charge in [-0.3, -0.25) is 5.10 Å². The Hall–Kier alpha value is -1.81. The van der Waals surface area contributed by atoms with Gasteiger partial charge < -0.3 is 4.98 Å². The van der Waals surface area contributed by atoms with Crippen molar-refractivity contribution in [3.05, 3.63) is 41.0 Å². The molecule has 0 aliphatic carbocycles. The molecule has 0 spiro atoms. The lowest BCUT2D eigenvalue weighted by molar-refractivity contribution is 1.12. The zero-order valence-electron chi connectivity index (χ0n) is 8.79. The van der Waals surface area contributed by atoms with E-state index in [1.807, 2.05) is 12.3 Å². The molecule has 3 nitrogen and oxygen atoms in total. The highest BCUT2D eigenvalue weighted by molar-refractivity contribution is 9.10. The van der Waals surface area contributed by atoms with Gasteiger partial charge in [0.25, 0.3) is 0 Å². The van der Waals surface area contributed by atoms with Gasteiger partial charge in [-0.15, -0.1) is 0 Å². The van der Waals surface area contributed by atoms with Crippen molar-refractivity contribution in [2.24, 2.45) is 0 Å². The van der Waals surface area contributed by atoms with E-state index in [4.69, 9.17) is 0 Å². The van der Waals surface area contributed by atoms with Gasteiger partial charge in [0.2, 0.25) is 0 Å². The number of H-pyrrole nitrogens is 2. The van der Waals surface area contributed by atoms with Crippen molar-refractivity contribution in [3.63, 3.8) is 0 Å². The molecule has 2 aromatic heterocycles. The van der Waals surface area contributed by atoms with Crippen LogP contribution in [-0.4, -0.2) is 15.2 Å². The second-order valence-electron chi connectivity index (χ2n) is 4.14. The fourth-order valence-corrected chi connectivity index (χ4v) is 2.71. The Morgan fingerprint density at radius 2 is 1.94 bits per heavy atom. The minimum Gasteiger partial charge on any atom is -0.353 e. The Labute approximate surface area is 105 Å². The zero-order valence-corrected chi connectivity index (χ0v) is 10.4. The molecule has 0 radical (unpaired) electrons. The van der Waals surface area contributed by atoms with Crippen LogP contribution in [0.25, 0.3) is 32.7 Å². The lowest BCUT2D eigenvalue weighted by atomic mass is 10.1. The first kappa shape index (κ1) is 9.24. The van der Waals surface area contributed by atoms with E-state index in [0.717, 1.165) is 26.4 Å². The zero-order chi connectivity index (χ0) is 11.4. The number of hydrogen-bond donors (Lipinski definition) is 2. The molecule has 4 heteroatoms. The molecule has 17 heavy (non-hydrogen) atoms. The van der Waals surface area contributed by atoms with E-state index in [9.17, 15) is 0 Å². The maximum Gasteiger partial charge on any atom is 0.0891 e. The molecule has 4 rings (SSSR count). The average molecular weight is 286 g/mol. The Bertz CT molecular complexity index is 857. The Morgan fingerprint density at radius 1 is 1.00 bits per heavy atom. The molecule has 0 saturated carbocycles. The molecule has 82 valence electrons. The van der Waals surface area contributed by atoms with E-state index in [1.54, 1.807) is 0 Å². The second-order valence-corrected chi connectivity index (χ2v) is 5.05. The van der Waals surface area contributed by atoms with Crippen molar-refractivity contribution in [3.8, 4) is 0 Å². The molecule has 2 aromatic carbocycles. The number of benzene rings is 2. The molecule has 0 aliphatic heterocycles. The highest BCUT2D eigenvalue weighted by atomic mass is 79.9. The van der Waals surface area contributed by atoms with Crippen LogP contribution in [0.5, 0.6) is 0 Å². The van der Waals surface area contributed by atoms with Crippen LogP contribution in [0.1, 0.15) is 0 Å². The first-order valence-electron chi connectivity index (χ1n) is 5.36. The van der Waals surface area contributed by atoms with Gasteiger partial charge >= 0.3 is 0 Å². The predicted octanol–water partition coefficient (Wildman–Crippen LogP) is 3.96. The van der Waals surface area contributed by atoms with E-state index < -0.39 is 0 Å². The summed E-state index contributed by atoms with van der Waals surface area (Å²) in [4.78, 5) is 3.44. The molecule has 0 fully saturated rings. The molecule has 0 atom stereocenters. The van der Waals surface area contributed by atoms with Crippen LogP contribution >= 0.6 is 15.9 Å². The standard InChI is InChI=1S/C13H8BrN3/c14-8-2-4-11-10(5-8)9-3-1-7-6-15-17-12(7)13(9)16-11/h1-6,16H,(H,15,17). The third-order valence-corrected chi connectivity index (χ3v) is 3.64. The topological polar surface area (TPSA) is 44.5 Å². The third-order valence-electron chi connectivity index (χ3n) is 3.15. The molecular formula is C13H8BrN3. The van der Waals surface area contributed by atoms with Crippen LogP contribution in [0.2, 0.25) is 0 Å². The Kier molecular flexibility index (Phi) is 1.69. The minimum atomic E-state index is 1.06. The van der Waals surface area contributed by atoms with E-state index in [1.165, 1.54) is 10.8 Å². The first-order chi connectivity index (χ1) is 8.33. The summed E-state index contributed by atoms with van der Waals surface area (Å²) in [5.74, 6) is 0. The fourth-order valence-electron chi connectivity index (χ4n) is 2.35. The van der Waals surface area contributed by atoms with Crippen molar-refractivity contribution in [2.45, 2.75) is 0 Å². The highest BCUT2D eigenvalue weighted by Crippen LogP contribution is 2.31. The van der Waals surface area contributed by atoms with Crippen molar-refractivity contribution in [1.29, 1.82) is 0 Å². The van der Waals surface area contributed by atoms with Crippen molar-refractivity contribution in [2.75, 3.05) is 0 Å². The van der Waals surface area contributed by atoms with Gasteiger partial charge in [0.15, 0.2) is 0 Å². The van der Waals surface area contributed by atoms with Crippen molar-refractivity contribution in [1.82, 2.24) is 15.2 Å². The summed E-state index contributed by atoms with van der Waals surface area (Å²) in [6.45, 7) is 0. The molecular weight excluding hydrogens is 278 g/mol. The normalized spacial score (nSPS) is 11.8. The van der Waals surface area contributed by atoms with Gasteiger partial charge in [-0.1, -0.05) is 28.1 Å². The number of hydrogen-bond acceptors (Lipinski definition) is 1. The number of rotatable bonds is 0. The van der Waals surface area contributed by atoms with E-state index >= 15 is 0 Å². The van der Waals surface area contributed by atoms with Crippen LogP contribution in [0.15, 0.2) is 41.0 Å². The quantitative estimate of drug-likeness (QED) is 0.505. The van der Waals surface area contributed by atoms with Gasteiger partial charge in [0.1, 0.15) is 0 Å². The third kappa shape index (κ3) is 1.18. The van der Waals surface area contributed by atoms with Gasteiger partial charge in [0, 0.05) is 26.1 Å². The van der Waals surface area contributed by atoms with Crippen LogP contribution < -0.4 is 0 Å². The number of halogens is 1. The fraction of sp³-hybridized carbons (Fsp3) is 0. The smallest absolute Gasteiger partial charge is 0.0891 e. The molecule has 0 aliphatic rings. The van der Waals surface area contributed by atoms with Gasteiger partial charge in [-0.25, -0.2) is 0 Å². The van der Waals surface area contributed by atoms with E-state index in [0.29, 0.717) is 0 Å². The van der Waals surface area contributed by atoms with Crippen LogP contribution in [0, 0.1) is 0 Å². The van der Waals surface area contributed by atoms with Gasteiger partial charge in [-0.2, -0.15) is 5.10 Å². The SMILES string of the molecule is Brc1ccc2[nH]c3c(ccc4cn[nH]c43)c2c1. The summed E-state index contributed by atoms with van der Waals surface area (Å²) in [5.41, 5.74) is 3.33. The lowest BCUT2D eigenvalue weighted by Crippen LogP contribution is -1.72. The number of aromatic amines is 2. The summed E-state index contributed by atoms with van der Waals surface area (Å²) in [5, 5.41) is 10.7. The summed E-state index contributed by atoms with van der Waals surface area (Å²) in [6.07, 6.45) is 1.84. The maximum atomic E-state index is 4.08. The summed E-state index contributed by atoms with van der Waals surface area (Å²) < 4.78 is 1.09. The second kappa shape index (κ2) is 3.11. The monoisotopic (exact) mass is 285 g/mol. The number of nitrogens with zero attached hydrogens (tertiary/aromatic N) is 1. The molecule has 2 N–H and O–H groups in total. The van der Waals surface area contributed by atoms with E-state index in [2.05, 4.69) is 55.4 Å². The van der Waals surface area contributed by atoms with Gasteiger partial charge in [0.05, 0.1) is 17.2 Å². The number of fused-ring (bicyclic) bond motifs is 5. The molecule has 4 aromatic rings. The first-order valence-corrected chi connectivity index (χ1v) is 6.15. The van der Waals surface area contributed by atoms with Gasteiger partial charge in [-0.05, 0) is 18.2 Å². The summed E-state index contributed by atoms with van der Waals surface area (Å²) in [6, 6.07) is 10.5. The number of nitrogens with one attached hydrogen (secondary N) is 2. The Balaban J connectivity index is 2.33. The van der Waals surface area contributed by atoms with E-state index in [-0.39, 0.29) is 0 Å². The van der Waals surface area contributed by atoms with Crippen LogP contribution in [-0.2, 0) is 0 Å². The molecule has 0 amide bonds. The van der Waals surface area contributed by atoms with Crippen LogP contribution in [0.3, 0.4) is 0 Å². The molecule has 0 bridgehead atoms. The summed E-state index contributed by atoms with van der Waals surface area (Å²) in [7, 11) is 0. The summed E-state index contributed by atoms with van der Waals surface area (Å²) >= 11 is 3.51. The minimum absolute atomic E-state index is 1.06. The van der Waals surface area contributed by atoms with Crippen molar-refractivity contribution >= 4 is 48.6 Å². The van der Waals surface area contributed by atoms with Crippen molar-refractivity contribution < 1.29 is 0 Å². The predicted molar refractivity (Wildman–Crippen MR) is 73.2 cm³/mol.